The Kier molecular flexibility index (Phi) is 11.3. The molecule has 1 aliphatic rings. The Balaban J connectivity index is 1.95. The van der Waals surface area contributed by atoms with Crippen LogP contribution >= 0.6 is 0 Å². The molecule has 2 aromatic rings. The summed E-state index contributed by atoms with van der Waals surface area (Å²) in [6.45, 7) is 17.2. The van der Waals surface area contributed by atoms with Gasteiger partial charge in [0.1, 0.15) is 5.84 Å². The number of amidine groups is 1. The van der Waals surface area contributed by atoms with Crippen molar-refractivity contribution in [2.75, 3.05) is 30.4 Å². The predicted octanol–water partition coefficient (Wildman–Crippen LogP) is 8.35. The van der Waals surface area contributed by atoms with Crippen LogP contribution in [0.3, 0.4) is 0 Å². The van der Waals surface area contributed by atoms with Crippen LogP contribution in [0, 0.1) is 5.92 Å². The highest BCUT2D eigenvalue weighted by Crippen LogP contribution is 2.36. The van der Waals surface area contributed by atoms with E-state index in [4.69, 9.17) is 0 Å². The van der Waals surface area contributed by atoms with Crippen molar-refractivity contribution in [2.24, 2.45) is 10.9 Å². The minimum atomic E-state index is 0.330. The molecule has 1 N–H and O–H groups in total. The van der Waals surface area contributed by atoms with Crippen LogP contribution < -0.4 is 15.1 Å². The minimum Gasteiger partial charge on any atom is -0.351 e. The first-order chi connectivity index (χ1) is 19.4. The van der Waals surface area contributed by atoms with E-state index in [0.717, 1.165) is 41.3 Å². The summed E-state index contributed by atoms with van der Waals surface area (Å²) in [5.41, 5.74) is 7.99. The van der Waals surface area contributed by atoms with Crippen LogP contribution in [0.25, 0.3) is 0 Å². The molecule has 206 valence electrons. The lowest BCUT2D eigenvalue weighted by Gasteiger charge is -2.22. The molecule has 0 spiro atoms. The summed E-state index contributed by atoms with van der Waals surface area (Å²) in [6.07, 6.45) is 19.3. The van der Waals surface area contributed by atoms with E-state index in [1.165, 1.54) is 16.8 Å². The van der Waals surface area contributed by atoms with E-state index in [1.54, 1.807) is 13.2 Å². The highest BCUT2D eigenvalue weighted by Gasteiger charge is 2.25. The van der Waals surface area contributed by atoms with Gasteiger partial charge in [-0.2, -0.15) is 0 Å². The van der Waals surface area contributed by atoms with Crippen molar-refractivity contribution in [3.05, 3.63) is 157 Å². The van der Waals surface area contributed by atoms with Gasteiger partial charge in [-0.25, -0.2) is 0 Å². The summed E-state index contributed by atoms with van der Waals surface area (Å²) in [6, 6.07) is 18.8. The van der Waals surface area contributed by atoms with Crippen LogP contribution in [-0.4, -0.2) is 26.5 Å². The zero-order valence-corrected chi connectivity index (χ0v) is 24.3. The first-order valence-electron chi connectivity index (χ1n) is 13.6. The van der Waals surface area contributed by atoms with Crippen LogP contribution in [0.1, 0.15) is 25.8 Å². The van der Waals surface area contributed by atoms with Crippen molar-refractivity contribution in [3.63, 3.8) is 0 Å². The van der Waals surface area contributed by atoms with E-state index in [2.05, 4.69) is 127 Å². The summed E-state index contributed by atoms with van der Waals surface area (Å²) in [7, 11) is 3.82. The molecule has 3 rings (SSSR count). The molecule has 2 aromatic carbocycles. The Morgan fingerprint density at radius 1 is 1.05 bits per heavy atom. The molecule has 0 radical (unpaired) electrons. The fraction of sp³-hybridized carbons (Fsp3) is 0.194. The van der Waals surface area contributed by atoms with Crippen molar-refractivity contribution >= 4 is 17.2 Å². The largest absolute Gasteiger partial charge is 0.351 e. The maximum Gasteiger partial charge on any atom is 0.131 e. The van der Waals surface area contributed by atoms with Crippen LogP contribution in [0.15, 0.2) is 157 Å². The third-order valence-corrected chi connectivity index (χ3v) is 6.77. The van der Waals surface area contributed by atoms with Crippen LogP contribution in [0.2, 0.25) is 0 Å². The minimum absolute atomic E-state index is 0.330. The Morgan fingerprint density at radius 2 is 1.77 bits per heavy atom. The quantitative estimate of drug-likeness (QED) is 0.180. The highest BCUT2D eigenvalue weighted by molar-refractivity contribution is 5.99. The van der Waals surface area contributed by atoms with E-state index >= 15 is 0 Å². The van der Waals surface area contributed by atoms with Crippen molar-refractivity contribution in [1.82, 2.24) is 5.32 Å². The Labute approximate surface area is 241 Å². The van der Waals surface area contributed by atoms with Gasteiger partial charge in [-0.3, -0.25) is 4.99 Å². The SMILES string of the molecule is C=C/C=C\C(C)\C=C/C(C)=C1\CCN(c2ccc(C(=NC)NC=C)cc2)\C1=C\C(=C)/C=C\N(C)c1ccccc1. The number of rotatable bonds is 11. The van der Waals surface area contributed by atoms with Gasteiger partial charge in [0.25, 0.3) is 0 Å². The molecule has 1 aliphatic heterocycles. The molecule has 4 nitrogen and oxygen atoms in total. The Hall–Kier alpha value is -4.57. The lowest BCUT2D eigenvalue weighted by atomic mass is 10.0. The van der Waals surface area contributed by atoms with Gasteiger partial charge in [0, 0.05) is 49.5 Å². The molecule has 0 bridgehead atoms. The molecule has 0 aliphatic carbocycles. The lowest BCUT2D eigenvalue weighted by molar-refractivity contribution is 0.937. The van der Waals surface area contributed by atoms with Crippen LogP contribution in [0.5, 0.6) is 0 Å². The van der Waals surface area contributed by atoms with E-state index < -0.39 is 0 Å². The summed E-state index contributed by atoms with van der Waals surface area (Å²) < 4.78 is 0. The number of hydrogen-bond acceptors (Lipinski definition) is 3. The Morgan fingerprint density at radius 3 is 2.42 bits per heavy atom. The van der Waals surface area contributed by atoms with Crippen molar-refractivity contribution in [2.45, 2.75) is 20.3 Å². The summed E-state index contributed by atoms with van der Waals surface area (Å²) in [4.78, 5) is 8.81. The molecule has 0 saturated carbocycles. The molecule has 1 fully saturated rings. The molecular formula is C36H42N4. The topological polar surface area (TPSA) is 30.9 Å². The molecule has 1 atom stereocenters. The molecule has 1 heterocycles. The third-order valence-electron chi connectivity index (χ3n) is 6.77. The molecular weight excluding hydrogens is 488 g/mol. The number of nitrogens with zero attached hydrogens (tertiary/aromatic N) is 3. The molecule has 40 heavy (non-hydrogen) atoms. The number of hydrogen-bond donors (Lipinski definition) is 1. The van der Waals surface area contributed by atoms with Crippen LogP contribution in [-0.2, 0) is 0 Å². The highest BCUT2D eigenvalue weighted by atomic mass is 15.2. The number of nitrogens with one attached hydrogen (secondary N) is 1. The fourth-order valence-corrected chi connectivity index (χ4v) is 4.54. The van der Waals surface area contributed by atoms with Gasteiger partial charge in [-0.1, -0.05) is 75.2 Å². The van der Waals surface area contributed by atoms with Gasteiger partial charge in [-0.05, 0) is 90.7 Å². The predicted molar refractivity (Wildman–Crippen MR) is 176 cm³/mol. The van der Waals surface area contributed by atoms with Gasteiger partial charge in [0.15, 0.2) is 0 Å². The zero-order chi connectivity index (χ0) is 28.9. The van der Waals surface area contributed by atoms with E-state index in [-0.39, 0.29) is 0 Å². The summed E-state index contributed by atoms with van der Waals surface area (Å²) >= 11 is 0. The monoisotopic (exact) mass is 530 g/mol. The van der Waals surface area contributed by atoms with Crippen molar-refractivity contribution < 1.29 is 0 Å². The number of para-hydroxylation sites is 1. The molecule has 4 heteroatoms. The normalized spacial score (nSPS) is 17.1. The van der Waals surface area contributed by atoms with Gasteiger partial charge < -0.3 is 15.1 Å². The average molecular weight is 531 g/mol. The Bertz CT molecular complexity index is 1350. The van der Waals surface area contributed by atoms with E-state index in [0.29, 0.717) is 5.92 Å². The first kappa shape index (κ1) is 30.0. The number of anilines is 2. The molecule has 0 aromatic heterocycles. The zero-order valence-electron chi connectivity index (χ0n) is 24.3. The second kappa shape index (κ2) is 15.1. The number of benzene rings is 2. The molecule has 0 amide bonds. The van der Waals surface area contributed by atoms with Gasteiger partial charge in [-0.15, -0.1) is 0 Å². The number of aliphatic imine (C=N–C) groups is 1. The third kappa shape index (κ3) is 8.21. The van der Waals surface area contributed by atoms with E-state index in [9.17, 15) is 0 Å². The van der Waals surface area contributed by atoms with Crippen molar-refractivity contribution in [3.8, 4) is 0 Å². The second-order valence-corrected chi connectivity index (χ2v) is 9.74. The fourth-order valence-electron chi connectivity index (χ4n) is 4.54. The first-order valence-corrected chi connectivity index (χ1v) is 13.6. The summed E-state index contributed by atoms with van der Waals surface area (Å²) in [5.74, 6) is 1.12. The van der Waals surface area contributed by atoms with Gasteiger partial charge in [0.2, 0.25) is 0 Å². The smallest absolute Gasteiger partial charge is 0.131 e. The maximum absolute atomic E-state index is 4.37. The average Bonchev–Trinajstić information content (AvgIpc) is 3.40. The standard InChI is InChI=1S/C36H42N4/c1-8-10-14-28(3)17-18-30(5)34-24-26-40(33-21-19-31(20-22-33)36(37-6)38-9-2)35(34)27-29(4)23-25-39(7)32-15-12-11-13-16-32/h8-23,25,27-28H,1-2,4,24,26H2,3,5-7H3,(H,37,38)/b14-10-,18-17-,25-23-,34-30+,35-27+. The van der Waals surface area contributed by atoms with E-state index in [1.807, 2.05) is 37.4 Å². The molecule has 1 saturated heterocycles. The maximum atomic E-state index is 4.37. The number of allylic oxidation sites excluding steroid dienone is 10. The van der Waals surface area contributed by atoms with Gasteiger partial charge in [0.05, 0.1) is 0 Å². The van der Waals surface area contributed by atoms with Crippen LogP contribution in [0.4, 0.5) is 11.4 Å². The summed E-state index contributed by atoms with van der Waals surface area (Å²) in [5, 5.41) is 3.11. The second-order valence-electron chi connectivity index (χ2n) is 9.74. The molecule has 1 unspecified atom stereocenters. The lowest BCUT2D eigenvalue weighted by Crippen LogP contribution is -2.19. The van der Waals surface area contributed by atoms with Gasteiger partial charge >= 0.3 is 0 Å². The van der Waals surface area contributed by atoms with Crippen molar-refractivity contribution in [1.29, 1.82) is 0 Å².